The Morgan fingerprint density at radius 1 is 1.31 bits per heavy atom. The molecule has 0 aliphatic heterocycles. The highest BCUT2D eigenvalue weighted by molar-refractivity contribution is 7.09. The van der Waals surface area contributed by atoms with Gasteiger partial charge in [0, 0.05) is 6.20 Å². The average Bonchev–Trinajstić information content (AvgIpc) is 2.82. The van der Waals surface area contributed by atoms with Gasteiger partial charge < -0.3 is 4.74 Å². The molecule has 0 spiro atoms. The van der Waals surface area contributed by atoms with Crippen molar-refractivity contribution in [3.05, 3.63) is 46.4 Å². The smallest absolute Gasteiger partial charge is 0.124 e. The zero-order valence-corrected chi connectivity index (χ0v) is 10.8. The number of hydrogen-bond donors (Lipinski definition) is 0. The maximum Gasteiger partial charge on any atom is 0.124 e. The zero-order valence-electron chi connectivity index (χ0n) is 9.93. The molecule has 1 heterocycles. The summed E-state index contributed by atoms with van der Waals surface area (Å²) in [5, 5.41) is 0. The molecule has 2 aromatic rings. The van der Waals surface area contributed by atoms with Crippen LogP contribution in [-0.4, -0.2) is 4.98 Å². The van der Waals surface area contributed by atoms with Crippen molar-refractivity contribution in [3.63, 3.8) is 0 Å². The molecule has 0 saturated heterocycles. The summed E-state index contributed by atoms with van der Waals surface area (Å²) in [7, 11) is 0. The van der Waals surface area contributed by atoms with Crippen LogP contribution < -0.4 is 4.74 Å². The van der Waals surface area contributed by atoms with E-state index in [1.165, 1.54) is 5.56 Å². The fourth-order valence-corrected chi connectivity index (χ4v) is 1.68. The maximum absolute atomic E-state index is 5.60. The third kappa shape index (κ3) is 4.03. The summed E-state index contributed by atoms with van der Waals surface area (Å²) >= 11 is 1.61. The first-order valence-corrected chi connectivity index (χ1v) is 6.29. The molecule has 0 radical (unpaired) electrons. The van der Waals surface area contributed by atoms with Crippen LogP contribution in [0.25, 0.3) is 0 Å². The molecule has 16 heavy (non-hydrogen) atoms. The highest BCUT2D eigenvalue weighted by Crippen LogP contribution is 2.15. The Morgan fingerprint density at radius 2 is 2.12 bits per heavy atom. The van der Waals surface area contributed by atoms with Gasteiger partial charge in [-0.2, -0.15) is 0 Å². The summed E-state index contributed by atoms with van der Waals surface area (Å²) in [6.07, 6.45) is 1.83. The summed E-state index contributed by atoms with van der Waals surface area (Å²) in [6.45, 7) is 6.66. The Kier molecular flexibility index (Phi) is 5.57. The van der Waals surface area contributed by atoms with Crippen molar-refractivity contribution in [2.45, 2.75) is 27.4 Å². The molecule has 0 aliphatic carbocycles. The number of ether oxygens (including phenoxy) is 1. The van der Waals surface area contributed by atoms with Crippen molar-refractivity contribution in [2.75, 3.05) is 0 Å². The number of aryl methyl sites for hydroxylation is 1. The molecule has 0 N–H and O–H groups in total. The summed E-state index contributed by atoms with van der Waals surface area (Å²) in [5.74, 6) is 0.915. The van der Waals surface area contributed by atoms with E-state index in [1.54, 1.807) is 11.3 Å². The lowest BCUT2D eigenvalue weighted by molar-refractivity contribution is 0.309. The number of aromatic nitrogens is 1. The second-order valence-electron chi connectivity index (χ2n) is 3.07. The number of hydrogen-bond acceptors (Lipinski definition) is 3. The van der Waals surface area contributed by atoms with Crippen LogP contribution in [0.15, 0.2) is 36.0 Å². The number of rotatable bonds is 3. The van der Waals surface area contributed by atoms with E-state index in [9.17, 15) is 0 Å². The Labute approximate surface area is 101 Å². The molecule has 86 valence electrons. The van der Waals surface area contributed by atoms with Gasteiger partial charge in [-0.15, -0.1) is 11.3 Å². The van der Waals surface area contributed by atoms with Gasteiger partial charge in [-0.25, -0.2) is 0 Å². The predicted molar refractivity (Wildman–Crippen MR) is 69.0 cm³/mol. The van der Waals surface area contributed by atoms with Gasteiger partial charge in [0.25, 0.3) is 0 Å². The van der Waals surface area contributed by atoms with Crippen LogP contribution in [0.2, 0.25) is 0 Å². The van der Waals surface area contributed by atoms with Crippen LogP contribution in [0.4, 0.5) is 0 Å². The minimum atomic E-state index is 0.605. The molecule has 0 fully saturated rings. The highest BCUT2D eigenvalue weighted by atomic mass is 32.1. The number of benzene rings is 1. The first-order chi connectivity index (χ1) is 7.84. The van der Waals surface area contributed by atoms with Crippen molar-refractivity contribution in [1.82, 2.24) is 4.98 Å². The summed E-state index contributed by atoms with van der Waals surface area (Å²) < 4.78 is 5.60. The molecule has 0 bridgehead atoms. The summed E-state index contributed by atoms with van der Waals surface area (Å²) in [4.78, 5) is 5.14. The molecule has 0 unspecified atom stereocenters. The van der Waals surface area contributed by atoms with Crippen molar-refractivity contribution in [2.24, 2.45) is 0 Å². The third-order valence-corrected chi connectivity index (χ3v) is 2.61. The molecule has 0 saturated carbocycles. The van der Waals surface area contributed by atoms with Crippen LogP contribution >= 0.6 is 11.3 Å². The quantitative estimate of drug-likeness (QED) is 0.800. The van der Waals surface area contributed by atoms with Crippen LogP contribution in [0.5, 0.6) is 5.75 Å². The van der Waals surface area contributed by atoms with Gasteiger partial charge in [0.2, 0.25) is 0 Å². The molecule has 0 amide bonds. The minimum Gasteiger partial charge on any atom is -0.488 e. The SMILES string of the molecule is CC.Cc1cccc(OCc2cncs2)c1. The lowest BCUT2D eigenvalue weighted by Crippen LogP contribution is -1.92. The average molecular weight is 235 g/mol. The van der Waals surface area contributed by atoms with Crippen molar-refractivity contribution in [1.29, 1.82) is 0 Å². The van der Waals surface area contributed by atoms with Gasteiger partial charge in [-0.1, -0.05) is 26.0 Å². The Morgan fingerprint density at radius 3 is 2.75 bits per heavy atom. The number of nitrogens with zero attached hydrogens (tertiary/aromatic N) is 1. The Hall–Kier alpha value is -1.35. The molecule has 3 heteroatoms. The Balaban J connectivity index is 0.000000606. The van der Waals surface area contributed by atoms with Crippen molar-refractivity contribution in [3.8, 4) is 5.75 Å². The van der Waals surface area contributed by atoms with Gasteiger partial charge in [0.15, 0.2) is 0 Å². The van der Waals surface area contributed by atoms with Crippen LogP contribution in [-0.2, 0) is 6.61 Å². The van der Waals surface area contributed by atoms with E-state index in [0.717, 1.165) is 10.6 Å². The van der Waals surface area contributed by atoms with E-state index in [0.29, 0.717) is 6.61 Å². The number of thiazole rings is 1. The zero-order chi connectivity index (χ0) is 11.8. The normalized spacial score (nSPS) is 9.19. The molecule has 1 aromatic carbocycles. The van der Waals surface area contributed by atoms with Crippen LogP contribution in [0.3, 0.4) is 0 Å². The van der Waals surface area contributed by atoms with Gasteiger partial charge in [0.1, 0.15) is 12.4 Å². The largest absolute Gasteiger partial charge is 0.488 e. The molecule has 0 aliphatic rings. The minimum absolute atomic E-state index is 0.605. The first kappa shape index (κ1) is 12.7. The molecule has 0 atom stereocenters. The second kappa shape index (κ2) is 7.01. The monoisotopic (exact) mass is 235 g/mol. The Bertz CT molecular complexity index is 398. The highest BCUT2D eigenvalue weighted by Gasteiger charge is 1.96. The van der Waals surface area contributed by atoms with E-state index < -0.39 is 0 Å². The molecular formula is C13H17NOS. The lowest BCUT2D eigenvalue weighted by Gasteiger charge is -2.04. The van der Waals surface area contributed by atoms with E-state index in [-0.39, 0.29) is 0 Å². The van der Waals surface area contributed by atoms with E-state index in [1.807, 2.05) is 43.8 Å². The van der Waals surface area contributed by atoms with Crippen molar-refractivity contribution < 1.29 is 4.74 Å². The molecule has 2 rings (SSSR count). The summed E-state index contributed by atoms with van der Waals surface area (Å²) in [5.41, 5.74) is 3.03. The fraction of sp³-hybridized carbons (Fsp3) is 0.308. The van der Waals surface area contributed by atoms with E-state index in [4.69, 9.17) is 4.74 Å². The summed E-state index contributed by atoms with van der Waals surface area (Å²) in [6, 6.07) is 8.05. The van der Waals surface area contributed by atoms with Gasteiger partial charge in [0.05, 0.1) is 10.4 Å². The van der Waals surface area contributed by atoms with Crippen molar-refractivity contribution >= 4 is 11.3 Å². The van der Waals surface area contributed by atoms with Gasteiger partial charge in [-0.3, -0.25) is 4.98 Å². The molecule has 2 nitrogen and oxygen atoms in total. The first-order valence-electron chi connectivity index (χ1n) is 5.41. The lowest BCUT2D eigenvalue weighted by atomic mass is 10.2. The predicted octanol–water partition coefficient (Wildman–Crippen LogP) is 4.06. The van der Waals surface area contributed by atoms with Gasteiger partial charge in [-0.05, 0) is 24.6 Å². The van der Waals surface area contributed by atoms with Gasteiger partial charge >= 0.3 is 0 Å². The fourth-order valence-electron chi connectivity index (χ4n) is 1.17. The standard InChI is InChI=1S/C11H11NOS.C2H6/c1-9-3-2-4-10(5-9)13-7-11-6-12-8-14-11;1-2/h2-6,8H,7H2,1H3;1-2H3. The van der Waals surface area contributed by atoms with Crippen LogP contribution in [0, 0.1) is 6.92 Å². The van der Waals surface area contributed by atoms with Crippen LogP contribution in [0.1, 0.15) is 24.3 Å². The topological polar surface area (TPSA) is 22.1 Å². The van der Waals surface area contributed by atoms with E-state index >= 15 is 0 Å². The maximum atomic E-state index is 5.60. The molecular weight excluding hydrogens is 218 g/mol. The van der Waals surface area contributed by atoms with E-state index in [2.05, 4.69) is 18.0 Å². The third-order valence-electron chi connectivity index (χ3n) is 1.85. The molecule has 1 aromatic heterocycles. The second-order valence-corrected chi connectivity index (χ2v) is 4.04.